The highest BCUT2D eigenvalue weighted by molar-refractivity contribution is 5.32. The van der Waals surface area contributed by atoms with Crippen LogP contribution in [0.2, 0.25) is 0 Å². The van der Waals surface area contributed by atoms with Crippen LogP contribution in [0.4, 0.5) is 5.69 Å². The Labute approximate surface area is 123 Å². The summed E-state index contributed by atoms with van der Waals surface area (Å²) in [7, 11) is 0. The standard InChI is InChI=1S/C16H18N2O3/c19-12-15(10-13-4-2-1-3-5-13)17-11-14-6-8-16(9-7-14)18(20)21/h1-9,15,17,19H,10-12H2. The Morgan fingerprint density at radius 1 is 1.05 bits per heavy atom. The second-order valence-electron chi connectivity index (χ2n) is 4.87. The van der Waals surface area contributed by atoms with Gasteiger partial charge in [-0.25, -0.2) is 0 Å². The highest BCUT2D eigenvalue weighted by Gasteiger charge is 2.09. The number of benzene rings is 2. The molecule has 0 aliphatic heterocycles. The molecule has 0 aromatic heterocycles. The molecule has 0 amide bonds. The molecule has 0 radical (unpaired) electrons. The van der Waals surface area contributed by atoms with Gasteiger partial charge in [-0.2, -0.15) is 0 Å². The molecule has 0 spiro atoms. The molecule has 2 N–H and O–H groups in total. The fourth-order valence-corrected chi connectivity index (χ4v) is 2.10. The number of aliphatic hydroxyl groups is 1. The second-order valence-corrected chi connectivity index (χ2v) is 4.87. The molecular weight excluding hydrogens is 268 g/mol. The molecule has 110 valence electrons. The van der Waals surface area contributed by atoms with Crippen molar-refractivity contribution >= 4 is 5.69 Å². The zero-order valence-electron chi connectivity index (χ0n) is 11.6. The van der Waals surface area contributed by atoms with Crippen LogP contribution in [0.3, 0.4) is 0 Å². The summed E-state index contributed by atoms with van der Waals surface area (Å²) < 4.78 is 0. The lowest BCUT2D eigenvalue weighted by Gasteiger charge is -2.16. The van der Waals surface area contributed by atoms with Gasteiger partial charge in [-0.3, -0.25) is 10.1 Å². The third-order valence-corrected chi connectivity index (χ3v) is 3.29. The number of hydrogen-bond acceptors (Lipinski definition) is 4. The van der Waals surface area contributed by atoms with Crippen molar-refractivity contribution in [2.24, 2.45) is 0 Å². The van der Waals surface area contributed by atoms with E-state index >= 15 is 0 Å². The smallest absolute Gasteiger partial charge is 0.269 e. The van der Waals surface area contributed by atoms with Crippen molar-refractivity contribution in [1.82, 2.24) is 5.32 Å². The highest BCUT2D eigenvalue weighted by atomic mass is 16.6. The summed E-state index contributed by atoms with van der Waals surface area (Å²) in [5.41, 5.74) is 2.20. The highest BCUT2D eigenvalue weighted by Crippen LogP contribution is 2.12. The number of nitrogens with zero attached hydrogens (tertiary/aromatic N) is 1. The number of nitro groups is 1. The van der Waals surface area contributed by atoms with Gasteiger partial charge >= 0.3 is 0 Å². The van der Waals surface area contributed by atoms with Gasteiger partial charge in [-0.1, -0.05) is 42.5 Å². The van der Waals surface area contributed by atoms with Crippen molar-refractivity contribution in [2.45, 2.75) is 19.0 Å². The Hall–Kier alpha value is -2.24. The van der Waals surface area contributed by atoms with Gasteiger partial charge in [-0.15, -0.1) is 0 Å². The first-order chi connectivity index (χ1) is 10.2. The first-order valence-electron chi connectivity index (χ1n) is 6.80. The predicted octanol–water partition coefficient (Wildman–Crippen LogP) is 2.29. The Bertz CT molecular complexity index is 570. The monoisotopic (exact) mass is 286 g/mol. The summed E-state index contributed by atoms with van der Waals surface area (Å²) in [4.78, 5) is 10.2. The van der Waals surface area contributed by atoms with Crippen LogP contribution in [0.15, 0.2) is 54.6 Å². The van der Waals surface area contributed by atoms with E-state index in [0.717, 1.165) is 17.5 Å². The van der Waals surface area contributed by atoms with Crippen LogP contribution >= 0.6 is 0 Å². The molecule has 0 fully saturated rings. The zero-order chi connectivity index (χ0) is 15.1. The van der Waals surface area contributed by atoms with E-state index in [2.05, 4.69) is 5.32 Å². The number of hydrogen-bond donors (Lipinski definition) is 2. The molecule has 0 aliphatic carbocycles. The molecule has 2 aromatic rings. The lowest BCUT2D eigenvalue weighted by molar-refractivity contribution is -0.384. The first-order valence-corrected chi connectivity index (χ1v) is 6.80. The van der Waals surface area contributed by atoms with Gasteiger partial charge in [0.1, 0.15) is 0 Å². The second kappa shape index (κ2) is 7.52. The zero-order valence-corrected chi connectivity index (χ0v) is 11.6. The maximum Gasteiger partial charge on any atom is 0.269 e. The topological polar surface area (TPSA) is 75.4 Å². The Morgan fingerprint density at radius 3 is 2.29 bits per heavy atom. The van der Waals surface area contributed by atoms with Crippen LogP contribution in [0.1, 0.15) is 11.1 Å². The Kier molecular flexibility index (Phi) is 5.43. The minimum absolute atomic E-state index is 0.0393. The lowest BCUT2D eigenvalue weighted by atomic mass is 10.1. The van der Waals surface area contributed by atoms with Crippen LogP contribution in [-0.2, 0) is 13.0 Å². The van der Waals surface area contributed by atoms with Crippen molar-refractivity contribution in [3.05, 3.63) is 75.8 Å². The minimum Gasteiger partial charge on any atom is -0.395 e. The van der Waals surface area contributed by atoms with Crippen LogP contribution in [0.5, 0.6) is 0 Å². The van der Waals surface area contributed by atoms with E-state index in [1.807, 2.05) is 30.3 Å². The van der Waals surface area contributed by atoms with E-state index in [9.17, 15) is 15.2 Å². The van der Waals surface area contributed by atoms with Crippen LogP contribution in [-0.4, -0.2) is 22.7 Å². The van der Waals surface area contributed by atoms with Crippen LogP contribution in [0.25, 0.3) is 0 Å². The van der Waals surface area contributed by atoms with Crippen molar-refractivity contribution in [2.75, 3.05) is 6.61 Å². The first kappa shape index (κ1) is 15.2. The molecule has 5 nitrogen and oxygen atoms in total. The molecular formula is C16H18N2O3. The Morgan fingerprint density at radius 2 is 1.71 bits per heavy atom. The van der Waals surface area contributed by atoms with Crippen molar-refractivity contribution < 1.29 is 10.0 Å². The fraction of sp³-hybridized carbons (Fsp3) is 0.250. The van der Waals surface area contributed by atoms with Crippen molar-refractivity contribution in [3.63, 3.8) is 0 Å². The minimum atomic E-state index is -0.414. The molecule has 0 bridgehead atoms. The number of non-ortho nitro benzene ring substituents is 1. The third-order valence-electron chi connectivity index (χ3n) is 3.29. The molecule has 0 aliphatic rings. The molecule has 5 heteroatoms. The van der Waals surface area contributed by atoms with E-state index in [0.29, 0.717) is 6.54 Å². The van der Waals surface area contributed by atoms with Gasteiger partial charge < -0.3 is 10.4 Å². The summed E-state index contributed by atoms with van der Waals surface area (Å²) in [6, 6.07) is 16.3. The molecule has 1 atom stereocenters. The van der Waals surface area contributed by atoms with Gasteiger partial charge in [0.15, 0.2) is 0 Å². The maximum absolute atomic E-state index is 10.6. The summed E-state index contributed by atoms with van der Waals surface area (Å²) >= 11 is 0. The molecule has 1 unspecified atom stereocenters. The normalized spacial score (nSPS) is 12.0. The predicted molar refractivity (Wildman–Crippen MR) is 81.0 cm³/mol. The van der Waals surface area contributed by atoms with Crippen LogP contribution in [0, 0.1) is 10.1 Å². The lowest BCUT2D eigenvalue weighted by Crippen LogP contribution is -2.34. The SMILES string of the molecule is O=[N+]([O-])c1ccc(CNC(CO)Cc2ccccc2)cc1. The van der Waals surface area contributed by atoms with E-state index in [1.54, 1.807) is 12.1 Å². The third kappa shape index (κ3) is 4.66. The van der Waals surface area contributed by atoms with Gasteiger partial charge in [-0.05, 0) is 17.5 Å². The van der Waals surface area contributed by atoms with Crippen molar-refractivity contribution in [3.8, 4) is 0 Å². The van der Waals surface area contributed by atoms with Crippen molar-refractivity contribution in [1.29, 1.82) is 0 Å². The molecule has 2 rings (SSSR count). The maximum atomic E-state index is 10.6. The molecule has 2 aromatic carbocycles. The molecule has 0 saturated carbocycles. The average molecular weight is 286 g/mol. The van der Waals surface area contributed by atoms with Crippen LogP contribution < -0.4 is 5.32 Å². The van der Waals surface area contributed by atoms with E-state index in [4.69, 9.17) is 0 Å². The quantitative estimate of drug-likeness (QED) is 0.605. The van der Waals surface area contributed by atoms with Gasteiger partial charge in [0.2, 0.25) is 0 Å². The summed E-state index contributed by atoms with van der Waals surface area (Å²) in [5.74, 6) is 0. The molecule has 0 heterocycles. The van der Waals surface area contributed by atoms with E-state index in [-0.39, 0.29) is 18.3 Å². The summed E-state index contributed by atoms with van der Waals surface area (Å²) in [5, 5.41) is 23.3. The summed E-state index contributed by atoms with van der Waals surface area (Å²) in [6.45, 7) is 0.609. The van der Waals surface area contributed by atoms with Gasteiger partial charge in [0.05, 0.1) is 11.5 Å². The largest absolute Gasteiger partial charge is 0.395 e. The summed E-state index contributed by atoms with van der Waals surface area (Å²) in [6.07, 6.45) is 0.740. The number of nitro benzene ring substituents is 1. The number of aliphatic hydroxyl groups excluding tert-OH is 1. The fourth-order valence-electron chi connectivity index (χ4n) is 2.10. The number of rotatable bonds is 7. The Balaban J connectivity index is 1.89. The average Bonchev–Trinajstić information content (AvgIpc) is 2.52. The number of nitrogens with one attached hydrogen (secondary N) is 1. The molecule has 21 heavy (non-hydrogen) atoms. The van der Waals surface area contributed by atoms with E-state index < -0.39 is 4.92 Å². The van der Waals surface area contributed by atoms with E-state index in [1.165, 1.54) is 12.1 Å². The molecule has 0 saturated heterocycles. The van der Waals surface area contributed by atoms with Gasteiger partial charge in [0, 0.05) is 24.7 Å². The van der Waals surface area contributed by atoms with Gasteiger partial charge in [0.25, 0.3) is 5.69 Å².